The fraction of sp³-hybridized carbons (Fsp3) is 0.562. The van der Waals surface area contributed by atoms with E-state index in [2.05, 4.69) is 0 Å². The molecule has 2 aliphatic carbocycles. The van der Waals surface area contributed by atoms with Crippen LogP contribution in [0.25, 0.3) is 0 Å². The Morgan fingerprint density at radius 3 is 2.62 bits per heavy atom. The van der Waals surface area contributed by atoms with Crippen molar-refractivity contribution < 1.29 is 19.0 Å². The van der Waals surface area contributed by atoms with Gasteiger partial charge in [-0.3, -0.25) is 4.79 Å². The zero-order valence-electron chi connectivity index (χ0n) is 11.7. The molecule has 0 atom stereocenters. The Balaban J connectivity index is 2.03. The topological polar surface area (TPSA) is 46.5 Å². The van der Waals surface area contributed by atoms with Crippen molar-refractivity contribution >= 4 is 17.6 Å². The van der Waals surface area contributed by atoms with Crippen LogP contribution in [-0.2, 0) is 10.2 Å². The molecule has 2 saturated carbocycles. The molecule has 2 aliphatic rings. The molecule has 0 aromatic heterocycles. The van der Waals surface area contributed by atoms with Crippen molar-refractivity contribution in [2.24, 2.45) is 5.92 Å². The average molecular weight is 313 g/mol. The highest BCUT2D eigenvalue weighted by Gasteiger charge is 2.45. The third-order valence-electron chi connectivity index (χ3n) is 4.55. The predicted molar refractivity (Wildman–Crippen MR) is 77.4 cm³/mol. The van der Waals surface area contributed by atoms with Gasteiger partial charge in [-0.25, -0.2) is 4.39 Å². The molecule has 0 radical (unpaired) electrons. The van der Waals surface area contributed by atoms with Crippen LogP contribution in [0.3, 0.4) is 0 Å². The van der Waals surface area contributed by atoms with Gasteiger partial charge in [-0.15, -0.1) is 0 Å². The third-order valence-corrected chi connectivity index (χ3v) is 4.83. The summed E-state index contributed by atoms with van der Waals surface area (Å²) in [5.74, 6) is -0.558. The number of carboxylic acids is 1. The minimum absolute atomic E-state index is 0.165. The second-order valence-electron chi connectivity index (χ2n) is 6.11. The van der Waals surface area contributed by atoms with E-state index < -0.39 is 17.2 Å². The first-order valence-corrected chi connectivity index (χ1v) is 7.76. The highest BCUT2D eigenvalue weighted by Crippen LogP contribution is 2.47. The number of carbonyl (C=O) groups is 1. The maximum atomic E-state index is 13.8. The molecule has 1 N–H and O–H groups in total. The molecule has 3 nitrogen and oxygen atoms in total. The van der Waals surface area contributed by atoms with Crippen LogP contribution < -0.4 is 4.74 Å². The van der Waals surface area contributed by atoms with Gasteiger partial charge in [0.05, 0.1) is 17.0 Å². The van der Waals surface area contributed by atoms with Crippen LogP contribution in [0, 0.1) is 11.7 Å². The minimum Gasteiger partial charge on any atom is -0.491 e. The van der Waals surface area contributed by atoms with Crippen molar-refractivity contribution in [3.05, 3.63) is 28.5 Å². The minimum atomic E-state index is -1.06. The van der Waals surface area contributed by atoms with Gasteiger partial charge in [-0.05, 0) is 43.7 Å². The smallest absolute Gasteiger partial charge is 0.314 e. The Labute approximate surface area is 128 Å². The Hall–Kier alpha value is -1.29. The van der Waals surface area contributed by atoms with Crippen LogP contribution in [0.1, 0.15) is 44.1 Å². The summed E-state index contributed by atoms with van der Waals surface area (Å²) in [4.78, 5) is 11.8. The quantitative estimate of drug-likeness (QED) is 0.888. The maximum absolute atomic E-state index is 13.8. The van der Waals surface area contributed by atoms with Gasteiger partial charge in [0.1, 0.15) is 11.6 Å². The van der Waals surface area contributed by atoms with E-state index >= 15 is 0 Å². The van der Waals surface area contributed by atoms with Crippen molar-refractivity contribution in [2.45, 2.75) is 43.9 Å². The van der Waals surface area contributed by atoms with E-state index in [1.807, 2.05) is 0 Å². The van der Waals surface area contributed by atoms with Crippen LogP contribution in [-0.4, -0.2) is 17.7 Å². The van der Waals surface area contributed by atoms with E-state index in [0.29, 0.717) is 36.7 Å². The summed E-state index contributed by atoms with van der Waals surface area (Å²) in [6.45, 7) is 0.522. The lowest BCUT2D eigenvalue weighted by atomic mass is 9.78. The van der Waals surface area contributed by atoms with Crippen LogP contribution in [0.4, 0.5) is 4.39 Å². The molecule has 0 spiro atoms. The molecule has 1 aromatic carbocycles. The van der Waals surface area contributed by atoms with Crippen molar-refractivity contribution in [2.75, 3.05) is 6.61 Å². The first kappa shape index (κ1) is 14.6. The van der Waals surface area contributed by atoms with Gasteiger partial charge in [0.15, 0.2) is 0 Å². The van der Waals surface area contributed by atoms with E-state index in [1.54, 1.807) is 0 Å². The molecule has 0 bridgehead atoms. The zero-order valence-corrected chi connectivity index (χ0v) is 12.5. The average Bonchev–Trinajstić information content (AvgIpc) is 3.11. The SMILES string of the molecule is O=C(O)C1(c2cc(F)cc(Cl)c2OCC2CC2)CCCC1. The molecule has 5 heteroatoms. The monoisotopic (exact) mass is 312 g/mol. The second-order valence-corrected chi connectivity index (χ2v) is 6.52. The maximum Gasteiger partial charge on any atom is 0.314 e. The third kappa shape index (κ3) is 2.73. The van der Waals surface area contributed by atoms with Crippen molar-refractivity contribution in [1.29, 1.82) is 0 Å². The van der Waals surface area contributed by atoms with Crippen molar-refractivity contribution in [3.63, 3.8) is 0 Å². The van der Waals surface area contributed by atoms with Gasteiger partial charge in [0.2, 0.25) is 0 Å². The summed E-state index contributed by atoms with van der Waals surface area (Å²) in [7, 11) is 0. The number of aliphatic carboxylic acids is 1. The second kappa shape index (κ2) is 5.48. The summed E-state index contributed by atoms with van der Waals surface area (Å²) in [5, 5.41) is 9.86. The van der Waals surface area contributed by atoms with Gasteiger partial charge in [-0.2, -0.15) is 0 Å². The largest absolute Gasteiger partial charge is 0.491 e. The first-order chi connectivity index (χ1) is 10.0. The predicted octanol–water partition coefficient (Wildman–Crippen LogP) is 4.16. The number of rotatable bonds is 5. The lowest BCUT2D eigenvalue weighted by Crippen LogP contribution is -2.33. The van der Waals surface area contributed by atoms with Crippen LogP contribution in [0.2, 0.25) is 5.02 Å². The number of ether oxygens (including phenoxy) is 1. The van der Waals surface area contributed by atoms with Gasteiger partial charge >= 0.3 is 5.97 Å². The Morgan fingerprint density at radius 2 is 2.05 bits per heavy atom. The van der Waals surface area contributed by atoms with E-state index in [1.165, 1.54) is 12.1 Å². The fourth-order valence-corrected chi connectivity index (χ4v) is 3.39. The van der Waals surface area contributed by atoms with E-state index in [-0.39, 0.29) is 5.02 Å². The summed E-state index contributed by atoms with van der Waals surface area (Å²) >= 11 is 6.13. The summed E-state index contributed by atoms with van der Waals surface area (Å²) in [6.07, 6.45) is 4.89. The zero-order chi connectivity index (χ0) is 15.0. The summed E-state index contributed by atoms with van der Waals surface area (Å²) in [6, 6.07) is 2.48. The Morgan fingerprint density at radius 1 is 1.38 bits per heavy atom. The van der Waals surface area contributed by atoms with Crippen molar-refractivity contribution in [3.8, 4) is 5.75 Å². The number of halogens is 2. The molecule has 21 heavy (non-hydrogen) atoms. The van der Waals surface area contributed by atoms with Gasteiger partial charge in [0.25, 0.3) is 0 Å². The number of carboxylic acid groups (broad SMARTS) is 1. The van der Waals surface area contributed by atoms with Gasteiger partial charge < -0.3 is 9.84 Å². The summed E-state index contributed by atoms with van der Waals surface area (Å²) in [5.41, 5.74) is -0.664. The number of hydrogen-bond donors (Lipinski definition) is 1. The summed E-state index contributed by atoms with van der Waals surface area (Å²) < 4.78 is 19.5. The molecule has 1 aromatic rings. The lowest BCUT2D eigenvalue weighted by Gasteiger charge is -2.27. The molecule has 2 fully saturated rings. The highest BCUT2D eigenvalue weighted by atomic mass is 35.5. The molecule has 0 heterocycles. The number of benzene rings is 1. The van der Waals surface area contributed by atoms with E-state index in [0.717, 1.165) is 25.7 Å². The van der Waals surface area contributed by atoms with Gasteiger partial charge in [0, 0.05) is 5.56 Å². The molecular weight excluding hydrogens is 295 g/mol. The Bertz CT molecular complexity index is 563. The molecular formula is C16H18ClFO3. The fourth-order valence-electron chi connectivity index (χ4n) is 3.13. The molecule has 0 saturated heterocycles. The van der Waals surface area contributed by atoms with Gasteiger partial charge in [-0.1, -0.05) is 24.4 Å². The van der Waals surface area contributed by atoms with Crippen LogP contribution >= 0.6 is 11.6 Å². The lowest BCUT2D eigenvalue weighted by molar-refractivity contribution is -0.143. The molecule has 3 rings (SSSR count). The van der Waals surface area contributed by atoms with Crippen molar-refractivity contribution in [1.82, 2.24) is 0 Å². The highest BCUT2D eigenvalue weighted by molar-refractivity contribution is 6.32. The first-order valence-electron chi connectivity index (χ1n) is 7.39. The molecule has 0 unspecified atom stereocenters. The molecule has 0 aliphatic heterocycles. The van der Waals surface area contributed by atoms with E-state index in [9.17, 15) is 14.3 Å². The molecule has 114 valence electrons. The normalized spacial score (nSPS) is 20.5. The van der Waals surface area contributed by atoms with Crippen LogP contribution in [0.15, 0.2) is 12.1 Å². The number of hydrogen-bond acceptors (Lipinski definition) is 2. The standard InChI is InChI=1S/C16H18ClFO3/c17-13-8-11(18)7-12(14(13)21-9-10-3-4-10)16(15(19)20)5-1-2-6-16/h7-8,10H,1-6,9H2,(H,19,20). The van der Waals surface area contributed by atoms with E-state index in [4.69, 9.17) is 16.3 Å². The Kier molecular flexibility index (Phi) is 3.82. The van der Waals surface area contributed by atoms with Crippen LogP contribution in [0.5, 0.6) is 5.75 Å². The molecule has 0 amide bonds.